The van der Waals surface area contributed by atoms with Crippen molar-refractivity contribution in [2.45, 2.75) is 25.0 Å². The Morgan fingerprint density at radius 1 is 1.31 bits per heavy atom. The zero-order valence-electron chi connectivity index (χ0n) is 9.60. The number of para-hydroxylation sites is 1. The van der Waals surface area contributed by atoms with Crippen molar-refractivity contribution in [3.63, 3.8) is 0 Å². The molecule has 0 fully saturated rings. The molecule has 84 valence electrons. The van der Waals surface area contributed by atoms with Gasteiger partial charge in [0.25, 0.3) is 5.56 Å². The normalized spacial score (nSPS) is 11.2. The van der Waals surface area contributed by atoms with E-state index in [1.165, 1.54) is 11.8 Å². The maximum atomic E-state index is 12.3. The fourth-order valence-electron chi connectivity index (χ4n) is 1.72. The SMILES string of the molecule is CSc1nc2ccccc2c(=O)n1C(C)C. The van der Waals surface area contributed by atoms with Crippen LogP contribution in [0.3, 0.4) is 0 Å². The molecule has 2 aromatic rings. The lowest BCUT2D eigenvalue weighted by molar-refractivity contribution is 0.519. The summed E-state index contributed by atoms with van der Waals surface area (Å²) < 4.78 is 1.74. The van der Waals surface area contributed by atoms with Crippen LogP contribution >= 0.6 is 11.8 Å². The van der Waals surface area contributed by atoms with Gasteiger partial charge in [0.15, 0.2) is 5.16 Å². The Morgan fingerprint density at radius 3 is 2.62 bits per heavy atom. The van der Waals surface area contributed by atoms with Crippen LogP contribution in [0.5, 0.6) is 0 Å². The van der Waals surface area contributed by atoms with Crippen LogP contribution in [0.2, 0.25) is 0 Å². The van der Waals surface area contributed by atoms with Crippen LogP contribution in [-0.4, -0.2) is 15.8 Å². The summed E-state index contributed by atoms with van der Waals surface area (Å²) in [6.45, 7) is 4.00. The summed E-state index contributed by atoms with van der Waals surface area (Å²) in [6, 6.07) is 7.61. The van der Waals surface area contributed by atoms with Crippen molar-refractivity contribution in [2.24, 2.45) is 0 Å². The van der Waals surface area contributed by atoms with Gasteiger partial charge in [0, 0.05) is 6.04 Å². The van der Waals surface area contributed by atoms with Gasteiger partial charge in [0.1, 0.15) is 0 Å². The van der Waals surface area contributed by atoms with E-state index in [0.717, 1.165) is 10.7 Å². The molecule has 1 aromatic heterocycles. The van der Waals surface area contributed by atoms with Crippen LogP contribution in [0.25, 0.3) is 10.9 Å². The number of hydrogen-bond acceptors (Lipinski definition) is 3. The lowest BCUT2D eigenvalue weighted by Crippen LogP contribution is -2.24. The van der Waals surface area contributed by atoms with Gasteiger partial charge < -0.3 is 0 Å². The van der Waals surface area contributed by atoms with Gasteiger partial charge in [0.05, 0.1) is 10.9 Å². The molecule has 0 bridgehead atoms. The quantitative estimate of drug-likeness (QED) is 0.592. The summed E-state index contributed by atoms with van der Waals surface area (Å²) in [5.74, 6) is 0. The molecule has 4 heteroatoms. The summed E-state index contributed by atoms with van der Waals surface area (Å²) in [5.41, 5.74) is 0.818. The predicted molar refractivity (Wildman–Crippen MR) is 68.2 cm³/mol. The van der Waals surface area contributed by atoms with Crippen LogP contribution in [0.1, 0.15) is 19.9 Å². The molecule has 16 heavy (non-hydrogen) atoms. The van der Waals surface area contributed by atoms with Crippen LogP contribution in [0.4, 0.5) is 0 Å². The first-order chi connectivity index (χ1) is 7.65. The van der Waals surface area contributed by atoms with E-state index in [4.69, 9.17) is 0 Å². The van der Waals surface area contributed by atoms with Gasteiger partial charge in [-0.1, -0.05) is 23.9 Å². The Morgan fingerprint density at radius 2 is 2.00 bits per heavy atom. The minimum absolute atomic E-state index is 0.0463. The Bertz CT molecular complexity index is 575. The fraction of sp³-hybridized carbons (Fsp3) is 0.333. The van der Waals surface area contributed by atoms with Gasteiger partial charge in [-0.2, -0.15) is 0 Å². The third kappa shape index (κ3) is 1.73. The molecule has 0 amide bonds. The second-order valence-corrected chi connectivity index (χ2v) is 4.66. The Kier molecular flexibility index (Phi) is 3.01. The van der Waals surface area contributed by atoms with E-state index in [1.807, 2.05) is 44.4 Å². The maximum Gasteiger partial charge on any atom is 0.262 e. The molecule has 0 saturated carbocycles. The molecule has 2 rings (SSSR count). The molecule has 1 heterocycles. The average Bonchev–Trinajstić information content (AvgIpc) is 2.28. The van der Waals surface area contributed by atoms with Crippen molar-refractivity contribution in [1.29, 1.82) is 0 Å². The third-order valence-electron chi connectivity index (χ3n) is 2.47. The Labute approximate surface area is 98.5 Å². The predicted octanol–water partition coefficient (Wildman–Crippen LogP) is 2.70. The molecule has 0 unspecified atom stereocenters. The van der Waals surface area contributed by atoms with Crippen LogP contribution in [0.15, 0.2) is 34.2 Å². The summed E-state index contributed by atoms with van der Waals surface area (Å²) in [6.07, 6.45) is 1.94. The van der Waals surface area contributed by atoms with Crippen molar-refractivity contribution < 1.29 is 0 Å². The highest BCUT2D eigenvalue weighted by Gasteiger charge is 2.11. The lowest BCUT2D eigenvalue weighted by atomic mass is 10.2. The van der Waals surface area contributed by atoms with Gasteiger partial charge in [-0.05, 0) is 32.2 Å². The zero-order chi connectivity index (χ0) is 11.7. The summed E-state index contributed by atoms with van der Waals surface area (Å²) in [4.78, 5) is 16.8. The topological polar surface area (TPSA) is 34.9 Å². The molecular formula is C12H14N2OS. The maximum absolute atomic E-state index is 12.3. The van der Waals surface area contributed by atoms with E-state index in [2.05, 4.69) is 4.98 Å². The largest absolute Gasteiger partial charge is 0.285 e. The van der Waals surface area contributed by atoms with Crippen LogP contribution in [0, 0.1) is 0 Å². The van der Waals surface area contributed by atoms with E-state index in [1.54, 1.807) is 4.57 Å². The van der Waals surface area contributed by atoms with Crippen molar-refractivity contribution >= 4 is 22.7 Å². The minimum atomic E-state index is 0.0463. The third-order valence-corrected chi connectivity index (χ3v) is 3.13. The lowest BCUT2D eigenvalue weighted by Gasteiger charge is -2.14. The van der Waals surface area contributed by atoms with E-state index >= 15 is 0 Å². The smallest absolute Gasteiger partial charge is 0.262 e. The number of aromatic nitrogens is 2. The molecule has 0 spiro atoms. The molecule has 3 nitrogen and oxygen atoms in total. The molecule has 0 saturated heterocycles. The molecule has 0 aliphatic rings. The first-order valence-electron chi connectivity index (χ1n) is 5.20. The van der Waals surface area contributed by atoms with E-state index in [9.17, 15) is 4.79 Å². The first kappa shape index (κ1) is 11.2. The fourth-order valence-corrected chi connectivity index (χ4v) is 2.40. The summed E-state index contributed by atoms with van der Waals surface area (Å²) in [7, 11) is 0. The van der Waals surface area contributed by atoms with Gasteiger partial charge in [-0.3, -0.25) is 9.36 Å². The summed E-state index contributed by atoms with van der Waals surface area (Å²) >= 11 is 1.50. The Hall–Kier alpha value is -1.29. The minimum Gasteiger partial charge on any atom is -0.285 e. The molecular weight excluding hydrogens is 220 g/mol. The van der Waals surface area contributed by atoms with E-state index in [0.29, 0.717) is 5.39 Å². The average molecular weight is 234 g/mol. The van der Waals surface area contributed by atoms with Crippen molar-refractivity contribution in [1.82, 2.24) is 9.55 Å². The van der Waals surface area contributed by atoms with Gasteiger partial charge in [0.2, 0.25) is 0 Å². The van der Waals surface area contributed by atoms with Gasteiger partial charge in [-0.25, -0.2) is 4.98 Å². The number of fused-ring (bicyclic) bond motifs is 1. The highest BCUT2D eigenvalue weighted by molar-refractivity contribution is 7.98. The second kappa shape index (κ2) is 4.29. The molecule has 0 radical (unpaired) electrons. The van der Waals surface area contributed by atoms with Crippen molar-refractivity contribution in [2.75, 3.05) is 6.26 Å². The molecule has 0 aliphatic heterocycles. The highest BCUT2D eigenvalue weighted by Crippen LogP contribution is 2.18. The standard InChI is InChI=1S/C12H14N2OS/c1-8(2)14-11(15)9-6-4-5-7-10(9)13-12(14)16-3/h4-8H,1-3H3. The number of hydrogen-bond donors (Lipinski definition) is 0. The van der Waals surface area contributed by atoms with Crippen LogP contribution in [-0.2, 0) is 0 Å². The molecule has 1 aromatic carbocycles. The van der Waals surface area contributed by atoms with E-state index in [-0.39, 0.29) is 11.6 Å². The molecule has 0 atom stereocenters. The monoisotopic (exact) mass is 234 g/mol. The molecule has 0 aliphatic carbocycles. The van der Waals surface area contributed by atoms with E-state index < -0.39 is 0 Å². The van der Waals surface area contributed by atoms with Crippen LogP contribution < -0.4 is 5.56 Å². The highest BCUT2D eigenvalue weighted by atomic mass is 32.2. The number of rotatable bonds is 2. The van der Waals surface area contributed by atoms with Gasteiger partial charge in [-0.15, -0.1) is 0 Å². The first-order valence-corrected chi connectivity index (χ1v) is 6.43. The number of nitrogens with zero attached hydrogens (tertiary/aromatic N) is 2. The summed E-state index contributed by atoms with van der Waals surface area (Å²) in [5, 5.41) is 1.47. The number of benzene rings is 1. The zero-order valence-corrected chi connectivity index (χ0v) is 10.4. The molecule has 0 N–H and O–H groups in total. The van der Waals surface area contributed by atoms with Crippen molar-refractivity contribution in [3.8, 4) is 0 Å². The van der Waals surface area contributed by atoms with Gasteiger partial charge >= 0.3 is 0 Å². The number of thioether (sulfide) groups is 1. The second-order valence-electron chi connectivity index (χ2n) is 3.88. The Balaban J connectivity index is 2.88. The van der Waals surface area contributed by atoms with Crippen molar-refractivity contribution in [3.05, 3.63) is 34.6 Å².